The van der Waals surface area contributed by atoms with Gasteiger partial charge < -0.3 is 24.6 Å². The molecule has 4 rings (SSSR count). The van der Waals surface area contributed by atoms with E-state index in [9.17, 15) is 13.2 Å². The van der Waals surface area contributed by atoms with Gasteiger partial charge in [0.25, 0.3) is 5.92 Å². The second-order valence-corrected chi connectivity index (χ2v) is 8.78. The Morgan fingerprint density at radius 3 is 2.60 bits per heavy atom. The normalized spacial score (nSPS) is 14.7. The van der Waals surface area contributed by atoms with E-state index in [2.05, 4.69) is 22.2 Å². The van der Waals surface area contributed by atoms with Crippen molar-refractivity contribution in [3.63, 3.8) is 0 Å². The van der Waals surface area contributed by atoms with Crippen molar-refractivity contribution in [1.82, 2.24) is 9.97 Å². The highest BCUT2D eigenvalue weighted by Crippen LogP contribution is 2.39. The minimum absolute atomic E-state index is 0.00995. The van der Waals surface area contributed by atoms with Gasteiger partial charge in [0, 0.05) is 23.6 Å². The zero-order valence-corrected chi connectivity index (χ0v) is 19.8. The van der Waals surface area contributed by atoms with E-state index in [1.165, 1.54) is 19.2 Å². The number of methoxy groups -OCH3 is 1. The number of rotatable bonds is 11. The number of anilines is 1. The number of benzene rings is 2. The molecule has 2 aromatic carbocycles. The van der Waals surface area contributed by atoms with E-state index >= 15 is 0 Å². The molecule has 1 saturated carbocycles. The van der Waals surface area contributed by atoms with Crippen molar-refractivity contribution in [2.75, 3.05) is 32.2 Å². The first-order valence-corrected chi connectivity index (χ1v) is 11.3. The Bertz CT molecular complexity index is 1220. The summed E-state index contributed by atoms with van der Waals surface area (Å²) < 4.78 is 59.7. The van der Waals surface area contributed by atoms with E-state index in [1.807, 2.05) is 0 Å². The first-order valence-electron chi connectivity index (χ1n) is 11.3. The molecular weight excluding hydrogens is 463 g/mol. The van der Waals surface area contributed by atoms with Crippen LogP contribution in [-0.2, 0) is 17.2 Å². The second-order valence-electron chi connectivity index (χ2n) is 8.78. The first-order chi connectivity index (χ1) is 16.7. The van der Waals surface area contributed by atoms with Gasteiger partial charge in [-0.15, -0.1) is 0 Å². The summed E-state index contributed by atoms with van der Waals surface area (Å²) in [5.74, 6) is -2.95. The topological polar surface area (TPSA) is 85.7 Å². The molecule has 1 aliphatic rings. The van der Waals surface area contributed by atoms with E-state index in [0.717, 1.165) is 18.9 Å². The van der Waals surface area contributed by atoms with E-state index in [0.29, 0.717) is 47.3 Å². The van der Waals surface area contributed by atoms with Crippen LogP contribution in [0, 0.1) is 12.7 Å². The molecule has 1 fully saturated rings. The largest absolute Gasteiger partial charge is 0.493 e. The molecule has 0 radical (unpaired) electrons. The summed E-state index contributed by atoms with van der Waals surface area (Å²) in [7, 11) is 1.53. The Kier molecular flexibility index (Phi) is 7.05. The van der Waals surface area contributed by atoms with Gasteiger partial charge in [0.15, 0.2) is 11.5 Å². The molecule has 1 aromatic heterocycles. The summed E-state index contributed by atoms with van der Waals surface area (Å²) >= 11 is 0. The fourth-order valence-corrected chi connectivity index (χ4v) is 3.68. The fraction of sp³-hybridized carbons (Fsp3) is 0.440. The minimum atomic E-state index is -3.68. The zero-order chi connectivity index (χ0) is 25.2. The van der Waals surface area contributed by atoms with Crippen LogP contribution in [0.1, 0.15) is 36.7 Å². The van der Waals surface area contributed by atoms with Gasteiger partial charge in [-0.2, -0.15) is 8.78 Å². The van der Waals surface area contributed by atoms with Crippen LogP contribution in [0.3, 0.4) is 0 Å². The molecule has 1 heterocycles. The monoisotopic (exact) mass is 491 g/mol. The third-order valence-corrected chi connectivity index (χ3v) is 5.96. The van der Waals surface area contributed by atoms with Crippen LogP contribution in [0.25, 0.3) is 10.9 Å². The van der Waals surface area contributed by atoms with E-state index in [1.54, 1.807) is 19.1 Å². The highest BCUT2D eigenvalue weighted by molar-refractivity contribution is 5.91. The van der Waals surface area contributed by atoms with Crippen LogP contribution in [0.15, 0.2) is 30.3 Å². The molecule has 3 aromatic rings. The number of aromatic nitrogens is 2. The third-order valence-electron chi connectivity index (χ3n) is 5.96. The van der Waals surface area contributed by atoms with Crippen molar-refractivity contribution in [1.29, 1.82) is 0 Å². The summed E-state index contributed by atoms with van der Waals surface area (Å²) in [6.07, 6.45) is 2.08. The molecule has 2 N–H and O–H groups in total. The van der Waals surface area contributed by atoms with Crippen LogP contribution in [-0.4, -0.2) is 47.6 Å². The Morgan fingerprint density at radius 1 is 1.14 bits per heavy atom. The van der Waals surface area contributed by atoms with E-state index in [4.69, 9.17) is 19.3 Å². The van der Waals surface area contributed by atoms with Crippen LogP contribution in [0.2, 0.25) is 0 Å². The van der Waals surface area contributed by atoms with Gasteiger partial charge in [-0.25, -0.2) is 14.4 Å². The third kappa shape index (κ3) is 5.59. The summed E-state index contributed by atoms with van der Waals surface area (Å²) in [5.41, 5.74) is -0.319. The van der Waals surface area contributed by atoms with Gasteiger partial charge in [-0.3, -0.25) is 0 Å². The summed E-state index contributed by atoms with van der Waals surface area (Å²) in [4.78, 5) is 8.85. The molecule has 0 aliphatic heterocycles. The van der Waals surface area contributed by atoms with Crippen LogP contribution in [0.4, 0.5) is 19.0 Å². The molecule has 0 spiro atoms. The van der Waals surface area contributed by atoms with Gasteiger partial charge in [0.2, 0.25) is 0 Å². The fourth-order valence-electron chi connectivity index (χ4n) is 3.68. The SMILES string of the molecule is COc1cc2nc(C)nc(NCc3cccc(C(F)(F)CO)c3F)c2cc1OCCOC1(C)CC1. The van der Waals surface area contributed by atoms with Gasteiger partial charge in [0.1, 0.15) is 30.7 Å². The number of nitrogens with one attached hydrogen (secondary N) is 1. The lowest BCUT2D eigenvalue weighted by molar-refractivity contribution is -0.0583. The Morgan fingerprint density at radius 2 is 1.91 bits per heavy atom. The number of halogens is 3. The first kappa shape index (κ1) is 25.0. The van der Waals surface area contributed by atoms with E-state index in [-0.39, 0.29) is 17.7 Å². The zero-order valence-electron chi connectivity index (χ0n) is 19.8. The van der Waals surface area contributed by atoms with Crippen molar-refractivity contribution >= 4 is 16.7 Å². The molecule has 0 bridgehead atoms. The molecule has 10 heteroatoms. The number of ether oxygens (including phenoxy) is 3. The number of aliphatic hydroxyl groups excluding tert-OH is 1. The summed E-state index contributed by atoms with van der Waals surface area (Å²) in [6.45, 7) is 2.93. The van der Waals surface area contributed by atoms with Crippen LogP contribution in [0.5, 0.6) is 11.5 Å². The minimum Gasteiger partial charge on any atom is -0.493 e. The number of hydrogen-bond donors (Lipinski definition) is 2. The lowest BCUT2D eigenvalue weighted by atomic mass is 10.0. The molecule has 188 valence electrons. The smallest absolute Gasteiger partial charge is 0.298 e. The van der Waals surface area contributed by atoms with Gasteiger partial charge >= 0.3 is 0 Å². The molecule has 0 amide bonds. The van der Waals surface area contributed by atoms with Crippen LogP contribution >= 0.6 is 0 Å². The quantitative estimate of drug-likeness (QED) is 0.375. The predicted octanol–water partition coefficient (Wildman–Crippen LogP) is 4.73. The number of aryl methyl sites for hydroxylation is 1. The average molecular weight is 492 g/mol. The Labute approximate surface area is 201 Å². The maximum absolute atomic E-state index is 14.8. The molecule has 0 atom stereocenters. The number of fused-ring (bicyclic) bond motifs is 1. The lowest BCUT2D eigenvalue weighted by Crippen LogP contribution is -2.21. The van der Waals surface area contributed by atoms with Crippen molar-refractivity contribution in [2.45, 2.75) is 44.8 Å². The summed E-state index contributed by atoms with van der Waals surface area (Å²) in [6, 6.07) is 7.12. The lowest BCUT2D eigenvalue weighted by Gasteiger charge is -2.17. The van der Waals surface area contributed by atoms with Crippen LogP contribution < -0.4 is 14.8 Å². The molecule has 1 aliphatic carbocycles. The Hall–Kier alpha value is -3.11. The maximum atomic E-state index is 14.8. The molecule has 0 unspecified atom stereocenters. The predicted molar refractivity (Wildman–Crippen MR) is 125 cm³/mol. The second kappa shape index (κ2) is 9.87. The summed E-state index contributed by atoms with van der Waals surface area (Å²) in [5, 5.41) is 12.5. The highest BCUT2D eigenvalue weighted by Gasteiger charge is 2.38. The Balaban J connectivity index is 1.58. The molecule has 35 heavy (non-hydrogen) atoms. The van der Waals surface area contributed by atoms with Gasteiger partial charge in [-0.1, -0.05) is 12.1 Å². The van der Waals surface area contributed by atoms with E-state index < -0.39 is 23.9 Å². The number of hydrogen-bond acceptors (Lipinski definition) is 7. The van der Waals surface area contributed by atoms with Gasteiger partial charge in [0.05, 0.1) is 30.4 Å². The molecule has 7 nitrogen and oxygen atoms in total. The van der Waals surface area contributed by atoms with Gasteiger partial charge in [-0.05, 0) is 38.8 Å². The van der Waals surface area contributed by atoms with Crippen molar-refractivity contribution in [3.05, 3.63) is 53.1 Å². The average Bonchev–Trinajstić information content (AvgIpc) is 3.57. The van der Waals surface area contributed by atoms with Crippen molar-refractivity contribution in [3.8, 4) is 11.5 Å². The van der Waals surface area contributed by atoms with Crippen molar-refractivity contribution in [2.24, 2.45) is 0 Å². The highest BCUT2D eigenvalue weighted by atomic mass is 19.3. The molecule has 0 saturated heterocycles. The standard InChI is InChI=1S/C25H28F3N3O4/c1-15-30-19-12-20(33-3)21(34-9-10-35-24(2)7-8-24)11-17(19)23(31-15)29-13-16-5-4-6-18(22(16)26)25(27,28)14-32/h4-6,11-12,32H,7-10,13-14H2,1-3H3,(H,29,30,31). The number of aliphatic hydroxyl groups is 1. The maximum Gasteiger partial charge on any atom is 0.298 e. The number of nitrogens with zero attached hydrogens (tertiary/aromatic N) is 2. The van der Waals surface area contributed by atoms with Crippen molar-refractivity contribution < 1.29 is 32.5 Å². The molecular formula is C25H28F3N3O4. The number of alkyl halides is 2.